The average Bonchev–Trinajstić information content (AvgIpc) is 2.48. The molecule has 0 radical (unpaired) electrons. The molecule has 0 bridgehead atoms. The maximum Gasteiger partial charge on any atom is 0.313 e. The summed E-state index contributed by atoms with van der Waals surface area (Å²) in [5.74, 6) is 0.710. The molecule has 1 saturated heterocycles. The van der Waals surface area contributed by atoms with Gasteiger partial charge in [-0.05, 0) is 57.1 Å². The second-order valence-corrected chi connectivity index (χ2v) is 7.94. The van der Waals surface area contributed by atoms with Gasteiger partial charge in [-0.25, -0.2) is 0 Å². The van der Waals surface area contributed by atoms with Crippen LogP contribution in [-0.4, -0.2) is 23.1 Å². The lowest BCUT2D eigenvalue weighted by Gasteiger charge is -2.22. The van der Waals surface area contributed by atoms with Crippen molar-refractivity contribution in [1.82, 2.24) is 0 Å². The van der Waals surface area contributed by atoms with Gasteiger partial charge in [0.15, 0.2) is 5.78 Å². The van der Waals surface area contributed by atoms with Crippen molar-refractivity contribution in [3.05, 3.63) is 40.3 Å². The number of carbonyl (C=O) groups is 2. The Kier molecular flexibility index (Phi) is 5.69. The quantitative estimate of drug-likeness (QED) is 0.601. The van der Waals surface area contributed by atoms with Crippen LogP contribution in [0.1, 0.15) is 57.6 Å². The van der Waals surface area contributed by atoms with Crippen molar-refractivity contribution in [2.45, 2.75) is 52.1 Å². The molecule has 1 aromatic rings. The Morgan fingerprint density at radius 1 is 1.26 bits per heavy atom. The van der Waals surface area contributed by atoms with E-state index in [-0.39, 0.29) is 17.7 Å². The summed E-state index contributed by atoms with van der Waals surface area (Å²) in [5, 5.41) is 0. The Labute approximate surface area is 142 Å². The summed E-state index contributed by atoms with van der Waals surface area (Å²) < 4.78 is 5.42. The summed E-state index contributed by atoms with van der Waals surface area (Å²) in [4.78, 5) is 24.8. The highest BCUT2D eigenvalue weighted by Crippen LogP contribution is 2.28. The summed E-state index contributed by atoms with van der Waals surface area (Å²) in [6, 6.07) is 7.76. The first-order valence-corrected chi connectivity index (χ1v) is 8.95. The van der Waals surface area contributed by atoms with E-state index in [1.807, 2.05) is 58.0 Å². The first-order valence-electron chi connectivity index (χ1n) is 7.97. The first kappa shape index (κ1) is 17.8. The van der Waals surface area contributed by atoms with Crippen LogP contribution in [-0.2, 0) is 14.3 Å². The van der Waals surface area contributed by atoms with E-state index < -0.39 is 5.60 Å². The highest BCUT2D eigenvalue weighted by molar-refractivity contribution is 8.04. The lowest BCUT2D eigenvalue weighted by Crippen LogP contribution is -2.26. The number of allylic oxidation sites excluding steroid dienone is 1. The van der Waals surface area contributed by atoms with Crippen LogP contribution < -0.4 is 0 Å². The highest BCUT2D eigenvalue weighted by atomic mass is 32.2. The Morgan fingerprint density at radius 2 is 1.91 bits per heavy atom. The molecule has 0 N–H and O–H groups in total. The van der Waals surface area contributed by atoms with Gasteiger partial charge in [-0.3, -0.25) is 9.59 Å². The molecule has 0 aromatic heterocycles. The molecule has 0 amide bonds. The number of hydrogen-bond acceptors (Lipinski definition) is 4. The summed E-state index contributed by atoms with van der Waals surface area (Å²) in [6.45, 7) is 7.45. The van der Waals surface area contributed by atoms with Crippen LogP contribution >= 0.6 is 11.8 Å². The largest absolute Gasteiger partial charge is 0.460 e. The van der Waals surface area contributed by atoms with Crippen LogP contribution in [0, 0.1) is 0 Å². The number of carbonyl (C=O) groups excluding carboxylic acids is 2. The molecule has 3 nitrogen and oxygen atoms in total. The van der Waals surface area contributed by atoms with Gasteiger partial charge in [-0.1, -0.05) is 24.3 Å². The third kappa shape index (κ3) is 5.24. The predicted octanol–water partition coefficient (Wildman–Crippen LogP) is 4.57. The van der Waals surface area contributed by atoms with E-state index >= 15 is 0 Å². The molecule has 0 saturated carbocycles. The first-order chi connectivity index (χ1) is 10.8. The molecule has 1 atom stereocenters. The number of benzene rings is 1. The molecule has 1 aromatic carbocycles. The highest BCUT2D eigenvalue weighted by Gasteiger charge is 2.23. The Balaban J connectivity index is 2.08. The van der Waals surface area contributed by atoms with E-state index in [1.54, 1.807) is 11.8 Å². The summed E-state index contributed by atoms with van der Waals surface area (Å²) in [6.07, 6.45) is 3.55. The summed E-state index contributed by atoms with van der Waals surface area (Å²) in [7, 11) is 0. The van der Waals surface area contributed by atoms with Gasteiger partial charge in [0, 0.05) is 6.42 Å². The molecule has 4 heteroatoms. The second kappa shape index (κ2) is 7.35. The van der Waals surface area contributed by atoms with Gasteiger partial charge in [-0.2, -0.15) is 0 Å². The minimum absolute atomic E-state index is 0.221. The van der Waals surface area contributed by atoms with Crippen molar-refractivity contribution in [2.24, 2.45) is 0 Å². The number of ether oxygens (including phenoxy) is 1. The number of rotatable bonds is 3. The Morgan fingerprint density at radius 3 is 2.48 bits per heavy atom. The number of thioether (sulfide) groups is 1. The monoisotopic (exact) mass is 332 g/mol. The van der Waals surface area contributed by atoms with Gasteiger partial charge in [0.2, 0.25) is 0 Å². The zero-order valence-corrected chi connectivity index (χ0v) is 15.0. The number of ketones is 1. The predicted molar refractivity (Wildman–Crippen MR) is 95.4 cm³/mol. The topological polar surface area (TPSA) is 43.4 Å². The van der Waals surface area contributed by atoms with E-state index in [2.05, 4.69) is 0 Å². The van der Waals surface area contributed by atoms with Crippen molar-refractivity contribution < 1.29 is 14.3 Å². The second-order valence-electron chi connectivity index (χ2n) is 6.81. The molecule has 1 heterocycles. The van der Waals surface area contributed by atoms with Gasteiger partial charge in [0.25, 0.3) is 0 Å². The zero-order chi connectivity index (χ0) is 17.0. The molecule has 1 fully saturated rings. The maximum atomic E-state index is 12.1. The van der Waals surface area contributed by atoms with Gasteiger partial charge in [-0.15, -0.1) is 11.8 Å². The normalized spacial score (nSPS) is 18.8. The molecular formula is C19H24O3S. The van der Waals surface area contributed by atoms with Crippen molar-refractivity contribution in [3.8, 4) is 0 Å². The lowest BCUT2D eigenvalue weighted by atomic mass is 9.99. The lowest BCUT2D eigenvalue weighted by molar-refractivity contribution is -0.156. The van der Waals surface area contributed by atoms with Crippen molar-refractivity contribution in [3.63, 3.8) is 0 Å². The van der Waals surface area contributed by atoms with E-state index in [9.17, 15) is 9.59 Å². The number of hydrogen-bond donors (Lipinski definition) is 0. The molecule has 0 spiro atoms. The fourth-order valence-electron chi connectivity index (χ4n) is 2.30. The smallest absolute Gasteiger partial charge is 0.313 e. The molecular weight excluding hydrogens is 308 g/mol. The van der Waals surface area contributed by atoms with Crippen LogP contribution in [0.3, 0.4) is 0 Å². The van der Waals surface area contributed by atoms with Gasteiger partial charge >= 0.3 is 5.97 Å². The molecule has 2 rings (SSSR count). The van der Waals surface area contributed by atoms with Crippen LogP contribution in [0.5, 0.6) is 0 Å². The zero-order valence-electron chi connectivity index (χ0n) is 14.2. The van der Waals surface area contributed by atoms with Crippen LogP contribution in [0.15, 0.2) is 29.2 Å². The fraction of sp³-hybridized carbons (Fsp3) is 0.474. The van der Waals surface area contributed by atoms with Crippen molar-refractivity contribution in [2.75, 3.05) is 5.75 Å². The van der Waals surface area contributed by atoms with Crippen LogP contribution in [0.2, 0.25) is 0 Å². The molecule has 1 aliphatic rings. The minimum atomic E-state index is -0.478. The van der Waals surface area contributed by atoms with E-state index in [0.717, 1.165) is 28.2 Å². The molecule has 1 aliphatic heterocycles. The van der Waals surface area contributed by atoms with E-state index in [4.69, 9.17) is 4.74 Å². The summed E-state index contributed by atoms with van der Waals surface area (Å²) >= 11 is 1.63. The molecule has 1 unspecified atom stereocenters. The standard InChI is InChI=1S/C19H24O3S/c1-13(18(21)22-19(2,3)4)15-9-7-14(8-10-15)12-17-16(20)6-5-11-23-17/h7-10,12-13H,5-6,11H2,1-4H3/b17-12-. The maximum absolute atomic E-state index is 12.1. The molecule has 23 heavy (non-hydrogen) atoms. The number of Topliss-reactive ketones (excluding diaryl/α,β-unsaturated/α-hetero) is 1. The third-order valence-corrected chi connectivity index (χ3v) is 4.72. The Hall–Kier alpha value is -1.55. The third-order valence-electron chi connectivity index (χ3n) is 3.58. The minimum Gasteiger partial charge on any atom is -0.460 e. The van der Waals surface area contributed by atoms with E-state index in [1.165, 1.54) is 0 Å². The van der Waals surface area contributed by atoms with Gasteiger partial charge < -0.3 is 4.74 Å². The van der Waals surface area contributed by atoms with Gasteiger partial charge in [0.05, 0.1) is 10.8 Å². The van der Waals surface area contributed by atoms with Crippen LogP contribution in [0.4, 0.5) is 0 Å². The Bertz CT molecular complexity index is 608. The van der Waals surface area contributed by atoms with Gasteiger partial charge in [0.1, 0.15) is 5.60 Å². The number of esters is 1. The fourth-order valence-corrected chi connectivity index (χ4v) is 3.29. The SMILES string of the molecule is CC(C(=O)OC(C)(C)C)c1ccc(/C=C2\SCCCC2=O)cc1. The molecule has 0 aliphatic carbocycles. The van der Waals surface area contributed by atoms with Crippen molar-refractivity contribution in [1.29, 1.82) is 0 Å². The average molecular weight is 332 g/mol. The van der Waals surface area contributed by atoms with Crippen LogP contribution in [0.25, 0.3) is 6.08 Å². The summed E-state index contributed by atoms with van der Waals surface area (Å²) in [5.41, 5.74) is 1.43. The van der Waals surface area contributed by atoms with E-state index in [0.29, 0.717) is 6.42 Å². The van der Waals surface area contributed by atoms with Crippen molar-refractivity contribution >= 4 is 29.6 Å². The molecule has 124 valence electrons.